The molecular weight excluding hydrogens is 196 g/mol. The molecule has 1 fully saturated rings. The first-order chi connectivity index (χ1) is 7.25. The first-order valence-electron chi connectivity index (χ1n) is 5.04. The Bertz CT molecular complexity index is 325. The second-order valence-corrected chi connectivity index (χ2v) is 3.84. The molecule has 1 amide bonds. The van der Waals surface area contributed by atoms with Crippen molar-refractivity contribution < 1.29 is 9.32 Å². The van der Waals surface area contributed by atoms with Gasteiger partial charge in [-0.25, -0.2) is 0 Å². The van der Waals surface area contributed by atoms with Crippen LogP contribution in [-0.2, 0) is 11.3 Å². The Labute approximate surface area is 87.2 Å². The predicted octanol–water partition coefficient (Wildman–Crippen LogP) is -0.187. The van der Waals surface area contributed by atoms with E-state index in [4.69, 9.17) is 5.73 Å². The molecule has 2 atom stereocenters. The molecule has 1 aromatic heterocycles. The van der Waals surface area contributed by atoms with Gasteiger partial charge in [0.05, 0.1) is 6.54 Å². The van der Waals surface area contributed by atoms with Crippen LogP contribution in [0.3, 0.4) is 0 Å². The molecule has 0 aliphatic heterocycles. The third-order valence-electron chi connectivity index (χ3n) is 2.67. The molecule has 0 radical (unpaired) electrons. The summed E-state index contributed by atoms with van der Waals surface area (Å²) in [4.78, 5) is 15.4. The van der Waals surface area contributed by atoms with E-state index in [0.717, 1.165) is 19.3 Å². The van der Waals surface area contributed by atoms with Gasteiger partial charge in [-0.1, -0.05) is 5.16 Å². The highest BCUT2D eigenvalue weighted by Gasteiger charge is 2.27. The minimum Gasteiger partial charge on any atom is -0.348 e. The molecular formula is C9H14N4O2. The van der Waals surface area contributed by atoms with Gasteiger partial charge in [-0.15, -0.1) is 0 Å². The average Bonchev–Trinajstić information content (AvgIpc) is 2.84. The molecule has 0 aromatic carbocycles. The van der Waals surface area contributed by atoms with Gasteiger partial charge in [-0.3, -0.25) is 4.79 Å². The molecule has 6 nitrogen and oxygen atoms in total. The number of nitrogens with zero attached hydrogens (tertiary/aromatic N) is 2. The van der Waals surface area contributed by atoms with Gasteiger partial charge in [-0.2, -0.15) is 4.98 Å². The molecule has 0 bridgehead atoms. The van der Waals surface area contributed by atoms with Crippen molar-refractivity contribution in [2.45, 2.75) is 31.8 Å². The van der Waals surface area contributed by atoms with Crippen LogP contribution >= 0.6 is 0 Å². The van der Waals surface area contributed by atoms with Gasteiger partial charge in [0.2, 0.25) is 12.3 Å². The number of aromatic nitrogens is 2. The van der Waals surface area contributed by atoms with E-state index in [1.165, 1.54) is 6.39 Å². The summed E-state index contributed by atoms with van der Waals surface area (Å²) in [7, 11) is 0. The van der Waals surface area contributed by atoms with E-state index in [1.54, 1.807) is 0 Å². The maximum atomic E-state index is 11.6. The van der Waals surface area contributed by atoms with E-state index in [-0.39, 0.29) is 17.9 Å². The zero-order chi connectivity index (χ0) is 10.7. The lowest BCUT2D eigenvalue weighted by molar-refractivity contribution is -0.125. The predicted molar refractivity (Wildman–Crippen MR) is 51.5 cm³/mol. The zero-order valence-electron chi connectivity index (χ0n) is 8.35. The largest absolute Gasteiger partial charge is 0.348 e. The molecule has 3 N–H and O–H groups in total. The van der Waals surface area contributed by atoms with Crippen LogP contribution in [0.25, 0.3) is 0 Å². The molecule has 1 aliphatic carbocycles. The number of carbonyl (C=O) groups excluding carboxylic acids is 1. The first-order valence-corrected chi connectivity index (χ1v) is 5.04. The van der Waals surface area contributed by atoms with E-state index < -0.39 is 0 Å². The molecule has 82 valence electrons. The number of hydrogen-bond donors (Lipinski definition) is 2. The SMILES string of the molecule is NC1CCC(C(=O)NCc2ncon2)C1. The Balaban J connectivity index is 1.78. The van der Waals surface area contributed by atoms with Crippen LogP contribution < -0.4 is 11.1 Å². The second-order valence-electron chi connectivity index (χ2n) is 3.84. The van der Waals surface area contributed by atoms with Crippen LogP contribution in [0.5, 0.6) is 0 Å². The molecule has 1 aromatic rings. The van der Waals surface area contributed by atoms with E-state index in [1.807, 2.05) is 0 Å². The van der Waals surface area contributed by atoms with Crippen molar-refractivity contribution in [1.82, 2.24) is 15.5 Å². The number of rotatable bonds is 3. The van der Waals surface area contributed by atoms with Crippen molar-refractivity contribution in [1.29, 1.82) is 0 Å². The fraction of sp³-hybridized carbons (Fsp3) is 0.667. The quantitative estimate of drug-likeness (QED) is 0.721. The number of nitrogens with one attached hydrogen (secondary N) is 1. The van der Waals surface area contributed by atoms with E-state index >= 15 is 0 Å². The summed E-state index contributed by atoms with van der Waals surface area (Å²) >= 11 is 0. The average molecular weight is 210 g/mol. The molecule has 2 rings (SSSR count). The Kier molecular flexibility index (Phi) is 2.96. The summed E-state index contributed by atoms with van der Waals surface area (Å²) in [6.45, 7) is 0.321. The number of amides is 1. The van der Waals surface area contributed by atoms with Gasteiger partial charge < -0.3 is 15.6 Å². The van der Waals surface area contributed by atoms with E-state index in [2.05, 4.69) is 20.0 Å². The topological polar surface area (TPSA) is 94.0 Å². The lowest BCUT2D eigenvalue weighted by Gasteiger charge is -2.08. The summed E-state index contributed by atoms with van der Waals surface area (Å²) in [5.41, 5.74) is 5.73. The van der Waals surface area contributed by atoms with E-state index in [0.29, 0.717) is 12.4 Å². The third kappa shape index (κ3) is 2.53. The van der Waals surface area contributed by atoms with Crippen LogP contribution in [-0.4, -0.2) is 22.1 Å². The summed E-state index contributed by atoms with van der Waals surface area (Å²) in [6, 6.07) is 0.172. The first kappa shape index (κ1) is 10.1. The Morgan fingerprint density at radius 1 is 1.67 bits per heavy atom. The second kappa shape index (κ2) is 4.39. The van der Waals surface area contributed by atoms with Crippen molar-refractivity contribution >= 4 is 5.91 Å². The van der Waals surface area contributed by atoms with Gasteiger partial charge in [0.1, 0.15) is 0 Å². The van der Waals surface area contributed by atoms with Crippen LogP contribution in [0.1, 0.15) is 25.1 Å². The van der Waals surface area contributed by atoms with Gasteiger partial charge in [0, 0.05) is 12.0 Å². The summed E-state index contributed by atoms with van der Waals surface area (Å²) in [5, 5.41) is 6.37. The molecule has 0 spiro atoms. The third-order valence-corrected chi connectivity index (χ3v) is 2.67. The highest BCUT2D eigenvalue weighted by atomic mass is 16.5. The minimum atomic E-state index is 0.0350. The molecule has 1 heterocycles. The minimum absolute atomic E-state index is 0.0350. The lowest BCUT2D eigenvalue weighted by atomic mass is 10.1. The molecule has 15 heavy (non-hydrogen) atoms. The smallest absolute Gasteiger partial charge is 0.223 e. The van der Waals surface area contributed by atoms with Crippen LogP contribution in [0.2, 0.25) is 0 Å². The van der Waals surface area contributed by atoms with Crippen molar-refractivity contribution in [3.05, 3.63) is 12.2 Å². The summed E-state index contributed by atoms with van der Waals surface area (Å²) in [5.74, 6) is 0.574. The van der Waals surface area contributed by atoms with Crippen molar-refractivity contribution in [2.24, 2.45) is 11.7 Å². The molecule has 1 saturated carbocycles. The van der Waals surface area contributed by atoms with Crippen molar-refractivity contribution in [3.63, 3.8) is 0 Å². The Morgan fingerprint density at radius 3 is 3.13 bits per heavy atom. The Hall–Kier alpha value is -1.43. The van der Waals surface area contributed by atoms with Crippen LogP contribution in [0.15, 0.2) is 10.9 Å². The summed E-state index contributed by atoms with van der Waals surface area (Å²) in [6.07, 6.45) is 3.82. The maximum absolute atomic E-state index is 11.6. The molecule has 2 unspecified atom stereocenters. The molecule has 1 aliphatic rings. The van der Waals surface area contributed by atoms with Gasteiger partial charge in [0.15, 0.2) is 5.82 Å². The summed E-state index contributed by atoms with van der Waals surface area (Å²) < 4.78 is 4.56. The van der Waals surface area contributed by atoms with Gasteiger partial charge in [-0.05, 0) is 19.3 Å². The standard InChI is InChI=1S/C9H14N4O2/c10-7-2-1-6(3-7)9(14)11-4-8-12-5-15-13-8/h5-7H,1-4,10H2,(H,11,14). The van der Waals surface area contributed by atoms with Gasteiger partial charge in [0.25, 0.3) is 0 Å². The number of carbonyl (C=O) groups is 1. The molecule has 0 saturated heterocycles. The number of nitrogens with two attached hydrogens (primary N) is 1. The van der Waals surface area contributed by atoms with Crippen molar-refractivity contribution in [3.8, 4) is 0 Å². The van der Waals surface area contributed by atoms with Crippen LogP contribution in [0, 0.1) is 5.92 Å². The normalized spacial score (nSPS) is 25.4. The fourth-order valence-corrected chi connectivity index (χ4v) is 1.84. The van der Waals surface area contributed by atoms with Crippen molar-refractivity contribution in [2.75, 3.05) is 0 Å². The monoisotopic (exact) mass is 210 g/mol. The highest BCUT2D eigenvalue weighted by Crippen LogP contribution is 2.23. The van der Waals surface area contributed by atoms with Gasteiger partial charge >= 0.3 is 0 Å². The zero-order valence-corrected chi connectivity index (χ0v) is 8.35. The molecule has 6 heteroatoms. The highest BCUT2D eigenvalue weighted by molar-refractivity contribution is 5.78. The number of hydrogen-bond acceptors (Lipinski definition) is 5. The van der Waals surface area contributed by atoms with Crippen LogP contribution in [0.4, 0.5) is 0 Å². The fourth-order valence-electron chi connectivity index (χ4n) is 1.84. The lowest BCUT2D eigenvalue weighted by Crippen LogP contribution is -2.30. The maximum Gasteiger partial charge on any atom is 0.223 e. The van der Waals surface area contributed by atoms with E-state index in [9.17, 15) is 4.79 Å². The Morgan fingerprint density at radius 2 is 2.53 bits per heavy atom.